The van der Waals surface area contributed by atoms with Crippen molar-refractivity contribution in [2.45, 2.75) is 40.0 Å². The van der Waals surface area contributed by atoms with Crippen LogP contribution in [0.5, 0.6) is 0 Å². The Hall–Kier alpha value is -0.200. The van der Waals surface area contributed by atoms with Crippen molar-refractivity contribution >= 4 is 11.8 Å². The molecule has 0 bridgehead atoms. The van der Waals surface area contributed by atoms with Crippen molar-refractivity contribution in [3.8, 4) is 6.07 Å². The molecule has 0 aliphatic rings. The van der Waals surface area contributed by atoms with E-state index in [1.807, 2.05) is 25.6 Å². The second kappa shape index (κ2) is 8.90. The summed E-state index contributed by atoms with van der Waals surface area (Å²) >= 11 is 1.91. The van der Waals surface area contributed by atoms with E-state index in [4.69, 9.17) is 5.26 Å². The van der Waals surface area contributed by atoms with Gasteiger partial charge >= 0.3 is 0 Å². The van der Waals surface area contributed by atoms with Gasteiger partial charge in [-0.1, -0.05) is 13.3 Å². The third-order valence-electron chi connectivity index (χ3n) is 2.65. The molecule has 1 N–H and O–H groups in total. The predicted octanol–water partition coefficient (Wildman–Crippen LogP) is 3.30. The maximum absolute atomic E-state index is 8.86. The lowest BCUT2D eigenvalue weighted by Gasteiger charge is -2.15. The molecule has 0 aromatic heterocycles. The van der Waals surface area contributed by atoms with Gasteiger partial charge in [0.25, 0.3) is 0 Å². The summed E-state index contributed by atoms with van der Waals surface area (Å²) < 4.78 is 0. The third kappa shape index (κ3) is 9.06. The molecule has 0 radical (unpaired) electrons. The molecule has 0 saturated heterocycles. The molecule has 94 valence electrons. The van der Waals surface area contributed by atoms with E-state index in [0.29, 0.717) is 0 Å². The summed E-state index contributed by atoms with van der Waals surface area (Å²) in [6.07, 6.45) is 5.48. The van der Waals surface area contributed by atoms with Gasteiger partial charge in [0.15, 0.2) is 0 Å². The Labute approximate surface area is 105 Å². The first-order chi connectivity index (χ1) is 7.52. The zero-order valence-corrected chi connectivity index (χ0v) is 12.0. The van der Waals surface area contributed by atoms with Crippen LogP contribution in [0.25, 0.3) is 0 Å². The van der Waals surface area contributed by atoms with Crippen molar-refractivity contribution in [3.63, 3.8) is 0 Å². The summed E-state index contributed by atoms with van der Waals surface area (Å²) in [5.74, 6) is 1.99. The molecule has 0 aromatic rings. The lowest BCUT2D eigenvalue weighted by molar-refractivity contribution is 0.419. The fourth-order valence-electron chi connectivity index (χ4n) is 1.56. The summed E-state index contributed by atoms with van der Waals surface area (Å²) in [6, 6.07) is 2.34. The van der Waals surface area contributed by atoms with Gasteiger partial charge in [0.05, 0.1) is 11.5 Å². The average molecular weight is 242 g/mol. The first-order valence-corrected chi connectivity index (χ1v) is 7.52. The minimum atomic E-state index is -0.147. The van der Waals surface area contributed by atoms with Crippen LogP contribution in [-0.2, 0) is 0 Å². The van der Waals surface area contributed by atoms with E-state index in [2.05, 4.69) is 24.6 Å². The highest BCUT2D eigenvalue weighted by Gasteiger charge is 2.15. The Kier molecular flexibility index (Phi) is 8.78. The second-order valence-corrected chi connectivity index (χ2v) is 6.13. The standard InChI is InChI=1S/C13H26N2S/c1-12(10-16-4)9-15-8-6-5-7-13(2,3)11-14/h12,15H,5-10H2,1-4H3. The van der Waals surface area contributed by atoms with Crippen LogP contribution in [0, 0.1) is 22.7 Å². The molecular formula is C13H26N2S. The molecule has 0 heterocycles. The highest BCUT2D eigenvalue weighted by atomic mass is 32.2. The van der Waals surface area contributed by atoms with Crippen molar-refractivity contribution in [2.24, 2.45) is 11.3 Å². The molecule has 16 heavy (non-hydrogen) atoms. The second-order valence-electron chi connectivity index (χ2n) is 5.22. The molecule has 0 aromatic carbocycles. The van der Waals surface area contributed by atoms with E-state index >= 15 is 0 Å². The molecule has 0 saturated carbocycles. The highest BCUT2D eigenvalue weighted by molar-refractivity contribution is 7.98. The van der Waals surface area contributed by atoms with Crippen molar-refractivity contribution in [3.05, 3.63) is 0 Å². The number of unbranched alkanes of at least 4 members (excludes halogenated alkanes) is 1. The molecule has 0 amide bonds. The van der Waals surface area contributed by atoms with Crippen LogP contribution in [0.15, 0.2) is 0 Å². The Bertz CT molecular complexity index is 208. The maximum Gasteiger partial charge on any atom is 0.0683 e. The van der Waals surface area contributed by atoms with E-state index in [0.717, 1.165) is 31.8 Å². The van der Waals surface area contributed by atoms with Gasteiger partial charge in [-0.3, -0.25) is 0 Å². The van der Waals surface area contributed by atoms with Gasteiger partial charge in [-0.25, -0.2) is 0 Å². The van der Waals surface area contributed by atoms with Gasteiger partial charge in [0.1, 0.15) is 0 Å². The first-order valence-electron chi connectivity index (χ1n) is 6.13. The number of rotatable bonds is 9. The van der Waals surface area contributed by atoms with Gasteiger partial charge in [-0.05, 0) is 57.7 Å². The van der Waals surface area contributed by atoms with Gasteiger partial charge in [-0.15, -0.1) is 0 Å². The van der Waals surface area contributed by atoms with E-state index < -0.39 is 0 Å². The summed E-state index contributed by atoms with van der Waals surface area (Å²) in [6.45, 7) is 8.51. The number of nitriles is 1. The first kappa shape index (κ1) is 15.8. The van der Waals surface area contributed by atoms with Crippen LogP contribution in [0.1, 0.15) is 40.0 Å². The summed E-state index contributed by atoms with van der Waals surface area (Å²) in [5.41, 5.74) is -0.147. The summed E-state index contributed by atoms with van der Waals surface area (Å²) in [4.78, 5) is 0. The monoisotopic (exact) mass is 242 g/mol. The quantitative estimate of drug-likeness (QED) is 0.630. The minimum Gasteiger partial charge on any atom is -0.316 e. The molecular weight excluding hydrogens is 216 g/mol. The fourth-order valence-corrected chi connectivity index (χ4v) is 2.25. The lowest BCUT2D eigenvalue weighted by Crippen LogP contribution is -2.23. The van der Waals surface area contributed by atoms with Crippen LogP contribution in [0.3, 0.4) is 0 Å². The Morgan fingerprint density at radius 3 is 2.62 bits per heavy atom. The van der Waals surface area contributed by atoms with Crippen LogP contribution in [-0.4, -0.2) is 25.1 Å². The van der Waals surface area contributed by atoms with Gasteiger partial charge in [-0.2, -0.15) is 17.0 Å². The number of hydrogen-bond donors (Lipinski definition) is 1. The van der Waals surface area contributed by atoms with E-state index in [-0.39, 0.29) is 5.41 Å². The van der Waals surface area contributed by atoms with Crippen LogP contribution >= 0.6 is 11.8 Å². The third-order valence-corrected chi connectivity index (χ3v) is 3.55. The molecule has 0 aliphatic heterocycles. The maximum atomic E-state index is 8.86. The molecule has 0 aliphatic carbocycles. The van der Waals surface area contributed by atoms with Crippen molar-refractivity contribution in [2.75, 3.05) is 25.1 Å². The zero-order valence-electron chi connectivity index (χ0n) is 11.2. The van der Waals surface area contributed by atoms with Gasteiger partial charge in [0.2, 0.25) is 0 Å². The van der Waals surface area contributed by atoms with Crippen LogP contribution < -0.4 is 5.32 Å². The predicted molar refractivity (Wildman–Crippen MR) is 73.7 cm³/mol. The molecule has 0 spiro atoms. The topological polar surface area (TPSA) is 35.8 Å². The largest absolute Gasteiger partial charge is 0.316 e. The zero-order chi connectivity index (χ0) is 12.4. The van der Waals surface area contributed by atoms with E-state index in [1.165, 1.54) is 12.2 Å². The Morgan fingerprint density at radius 1 is 1.38 bits per heavy atom. The summed E-state index contributed by atoms with van der Waals surface area (Å²) in [7, 11) is 0. The number of thioether (sulfide) groups is 1. The number of nitrogens with zero attached hydrogens (tertiary/aromatic N) is 1. The van der Waals surface area contributed by atoms with Crippen molar-refractivity contribution in [1.82, 2.24) is 5.32 Å². The molecule has 3 heteroatoms. The van der Waals surface area contributed by atoms with Crippen molar-refractivity contribution in [1.29, 1.82) is 5.26 Å². The average Bonchev–Trinajstić information content (AvgIpc) is 2.23. The molecule has 0 fully saturated rings. The van der Waals surface area contributed by atoms with Crippen molar-refractivity contribution < 1.29 is 0 Å². The van der Waals surface area contributed by atoms with E-state index in [9.17, 15) is 0 Å². The molecule has 2 nitrogen and oxygen atoms in total. The number of hydrogen-bond acceptors (Lipinski definition) is 3. The summed E-state index contributed by atoms with van der Waals surface area (Å²) in [5, 5.41) is 12.3. The van der Waals surface area contributed by atoms with Crippen LogP contribution in [0.2, 0.25) is 0 Å². The van der Waals surface area contributed by atoms with E-state index in [1.54, 1.807) is 0 Å². The lowest BCUT2D eigenvalue weighted by atomic mass is 9.89. The normalized spacial score (nSPS) is 13.4. The van der Waals surface area contributed by atoms with Gasteiger partial charge < -0.3 is 5.32 Å². The smallest absolute Gasteiger partial charge is 0.0683 e. The van der Waals surface area contributed by atoms with Gasteiger partial charge in [0, 0.05) is 0 Å². The SMILES string of the molecule is CSCC(C)CNCCCCC(C)(C)C#N. The molecule has 0 rings (SSSR count). The van der Waals surface area contributed by atoms with Crippen LogP contribution in [0.4, 0.5) is 0 Å². The Morgan fingerprint density at radius 2 is 2.06 bits per heavy atom. The fraction of sp³-hybridized carbons (Fsp3) is 0.923. The Balaban J connectivity index is 3.32. The molecule has 1 atom stereocenters. The minimum absolute atomic E-state index is 0.147. The number of nitrogens with one attached hydrogen (secondary N) is 1. The molecule has 1 unspecified atom stereocenters. The highest BCUT2D eigenvalue weighted by Crippen LogP contribution is 2.21.